The highest BCUT2D eigenvalue weighted by molar-refractivity contribution is 9.10. The minimum absolute atomic E-state index is 0.0498. The number of halogens is 1. The van der Waals surface area contributed by atoms with Crippen LogP contribution in [0.2, 0.25) is 0 Å². The molecule has 2 N–H and O–H groups in total. The quantitative estimate of drug-likeness (QED) is 0.470. The molecule has 0 aromatic heterocycles. The molecule has 0 heterocycles. The van der Waals surface area contributed by atoms with E-state index in [-0.39, 0.29) is 24.0 Å². The first-order valence-electron chi connectivity index (χ1n) is 6.53. The van der Waals surface area contributed by atoms with E-state index in [2.05, 4.69) is 21.2 Å². The minimum atomic E-state index is -0.512. The number of phenolic OH excluding ortho intramolecular Hbond substituents is 1. The summed E-state index contributed by atoms with van der Waals surface area (Å²) in [5.74, 6) is 0.0827. The van der Waals surface area contributed by atoms with Crippen LogP contribution >= 0.6 is 15.9 Å². The zero-order chi connectivity index (χ0) is 17.0. The monoisotopic (exact) mass is 380 g/mol. The number of nitro benzene ring substituents is 1. The van der Waals surface area contributed by atoms with Crippen molar-refractivity contribution in [3.63, 3.8) is 0 Å². The van der Waals surface area contributed by atoms with Crippen LogP contribution in [-0.2, 0) is 4.79 Å². The van der Waals surface area contributed by atoms with Crippen LogP contribution in [0.1, 0.15) is 5.56 Å². The molecule has 120 valence electrons. The Morgan fingerprint density at radius 3 is 2.57 bits per heavy atom. The van der Waals surface area contributed by atoms with Crippen molar-refractivity contribution in [1.82, 2.24) is 0 Å². The van der Waals surface area contributed by atoms with E-state index in [1.165, 1.54) is 24.3 Å². The zero-order valence-electron chi connectivity index (χ0n) is 12.1. The molecule has 0 saturated heterocycles. The third kappa shape index (κ3) is 4.43. The predicted molar refractivity (Wildman–Crippen MR) is 87.8 cm³/mol. The van der Waals surface area contributed by atoms with E-state index in [1.807, 2.05) is 0 Å². The first-order valence-corrected chi connectivity index (χ1v) is 7.32. The Balaban J connectivity index is 1.93. The summed E-state index contributed by atoms with van der Waals surface area (Å²) in [6.07, 6.45) is 0. The summed E-state index contributed by atoms with van der Waals surface area (Å²) in [7, 11) is 0. The number of anilines is 1. The Hall–Kier alpha value is -2.61. The average Bonchev–Trinajstić information content (AvgIpc) is 2.51. The number of carbonyl (C=O) groups is 1. The molecule has 0 spiro atoms. The van der Waals surface area contributed by atoms with E-state index in [4.69, 9.17) is 4.74 Å². The maximum Gasteiger partial charge on any atom is 0.269 e. The fourth-order valence-corrected chi connectivity index (χ4v) is 2.38. The SMILES string of the molecule is Cc1cc(NC(=O)COc2ccc([N+](=O)[O-])cc2)cc(Br)c1O. The van der Waals surface area contributed by atoms with Crippen LogP contribution in [0.5, 0.6) is 11.5 Å². The third-order valence-electron chi connectivity index (χ3n) is 2.96. The summed E-state index contributed by atoms with van der Waals surface area (Å²) < 4.78 is 5.74. The van der Waals surface area contributed by atoms with Gasteiger partial charge in [0.25, 0.3) is 11.6 Å². The van der Waals surface area contributed by atoms with Gasteiger partial charge in [0.1, 0.15) is 11.5 Å². The highest BCUT2D eigenvalue weighted by Gasteiger charge is 2.09. The highest BCUT2D eigenvalue weighted by atomic mass is 79.9. The fourth-order valence-electron chi connectivity index (χ4n) is 1.82. The summed E-state index contributed by atoms with van der Waals surface area (Å²) in [6, 6.07) is 8.65. The summed E-state index contributed by atoms with van der Waals surface area (Å²) in [6.45, 7) is 1.47. The minimum Gasteiger partial charge on any atom is -0.506 e. The number of nitrogens with zero attached hydrogens (tertiary/aromatic N) is 1. The van der Waals surface area contributed by atoms with Gasteiger partial charge in [-0.15, -0.1) is 0 Å². The summed E-state index contributed by atoms with van der Waals surface area (Å²) in [5, 5.41) is 22.8. The van der Waals surface area contributed by atoms with Crippen molar-refractivity contribution >= 4 is 33.2 Å². The van der Waals surface area contributed by atoms with Gasteiger partial charge in [0.05, 0.1) is 9.40 Å². The number of benzene rings is 2. The fraction of sp³-hybridized carbons (Fsp3) is 0.133. The number of hydrogen-bond acceptors (Lipinski definition) is 5. The molecule has 23 heavy (non-hydrogen) atoms. The van der Waals surface area contributed by atoms with Crippen LogP contribution in [0.25, 0.3) is 0 Å². The van der Waals surface area contributed by atoms with Gasteiger partial charge in [-0.25, -0.2) is 0 Å². The predicted octanol–water partition coefficient (Wildman–Crippen LogP) is 3.39. The van der Waals surface area contributed by atoms with Gasteiger partial charge in [-0.05, 0) is 52.7 Å². The first-order chi connectivity index (χ1) is 10.9. The lowest BCUT2D eigenvalue weighted by Gasteiger charge is -2.10. The standard InChI is InChI=1S/C15H13BrN2O5/c1-9-6-10(7-13(16)15(9)20)17-14(19)8-23-12-4-2-11(3-5-12)18(21)22/h2-7,20H,8H2,1H3,(H,17,19). The summed E-state index contributed by atoms with van der Waals surface area (Å²) in [4.78, 5) is 21.9. The maximum atomic E-state index is 11.8. The first kappa shape index (κ1) is 16.8. The Labute approximate surface area is 140 Å². The van der Waals surface area contributed by atoms with E-state index in [0.717, 1.165) is 0 Å². The third-order valence-corrected chi connectivity index (χ3v) is 3.56. The topological polar surface area (TPSA) is 102 Å². The number of aryl methyl sites for hydroxylation is 1. The molecule has 2 aromatic rings. The lowest BCUT2D eigenvalue weighted by atomic mass is 10.2. The number of ether oxygens (including phenoxy) is 1. The van der Waals surface area contributed by atoms with Crippen LogP contribution in [-0.4, -0.2) is 22.5 Å². The van der Waals surface area contributed by atoms with E-state index in [9.17, 15) is 20.0 Å². The molecule has 1 amide bonds. The van der Waals surface area contributed by atoms with Crippen molar-refractivity contribution < 1.29 is 19.6 Å². The lowest BCUT2D eigenvalue weighted by Crippen LogP contribution is -2.20. The van der Waals surface area contributed by atoms with Crippen LogP contribution in [0.3, 0.4) is 0 Å². The number of aromatic hydroxyl groups is 1. The average molecular weight is 381 g/mol. The summed E-state index contributed by atoms with van der Waals surface area (Å²) >= 11 is 3.19. The number of hydrogen-bond donors (Lipinski definition) is 2. The van der Waals surface area contributed by atoms with E-state index in [1.54, 1.807) is 19.1 Å². The second kappa shape index (κ2) is 7.10. The number of amides is 1. The smallest absolute Gasteiger partial charge is 0.269 e. The molecule has 0 fully saturated rings. The Bertz CT molecular complexity index is 723. The number of carbonyl (C=O) groups excluding carboxylic acids is 1. The van der Waals surface area contributed by atoms with Crippen molar-refractivity contribution in [1.29, 1.82) is 0 Å². The normalized spacial score (nSPS) is 10.2. The molecule has 0 unspecified atom stereocenters. The van der Waals surface area contributed by atoms with E-state index >= 15 is 0 Å². The maximum absolute atomic E-state index is 11.8. The number of nitrogens with one attached hydrogen (secondary N) is 1. The zero-order valence-corrected chi connectivity index (χ0v) is 13.7. The van der Waals surface area contributed by atoms with E-state index < -0.39 is 4.92 Å². The molecule has 0 saturated carbocycles. The van der Waals surface area contributed by atoms with E-state index in [0.29, 0.717) is 21.5 Å². The second-order valence-corrected chi connectivity index (χ2v) is 5.57. The van der Waals surface area contributed by atoms with Gasteiger partial charge >= 0.3 is 0 Å². The number of nitro groups is 1. The molecular weight excluding hydrogens is 368 g/mol. The Morgan fingerprint density at radius 1 is 1.35 bits per heavy atom. The number of rotatable bonds is 5. The lowest BCUT2D eigenvalue weighted by molar-refractivity contribution is -0.384. The van der Waals surface area contributed by atoms with Crippen molar-refractivity contribution in [2.45, 2.75) is 6.92 Å². The molecule has 0 radical (unpaired) electrons. The molecular formula is C15H13BrN2O5. The van der Waals surface area contributed by atoms with Crippen molar-refractivity contribution in [3.05, 3.63) is 56.5 Å². The number of non-ortho nitro benzene ring substituents is 1. The Kier molecular flexibility index (Phi) is 5.17. The van der Waals surface area contributed by atoms with Gasteiger partial charge in [0.15, 0.2) is 6.61 Å². The van der Waals surface area contributed by atoms with Gasteiger partial charge in [-0.1, -0.05) is 0 Å². The molecule has 0 aliphatic carbocycles. The molecule has 0 bridgehead atoms. The molecule has 7 nitrogen and oxygen atoms in total. The van der Waals surface area contributed by atoms with Crippen LogP contribution < -0.4 is 10.1 Å². The van der Waals surface area contributed by atoms with Gasteiger partial charge in [0.2, 0.25) is 0 Å². The van der Waals surface area contributed by atoms with Crippen molar-refractivity contribution in [2.24, 2.45) is 0 Å². The van der Waals surface area contributed by atoms with Gasteiger partial charge < -0.3 is 15.2 Å². The molecule has 2 rings (SSSR count). The highest BCUT2D eigenvalue weighted by Crippen LogP contribution is 2.30. The van der Waals surface area contributed by atoms with Crippen LogP contribution in [0.4, 0.5) is 11.4 Å². The van der Waals surface area contributed by atoms with Crippen molar-refractivity contribution in [2.75, 3.05) is 11.9 Å². The largest absolute Gasteiger partial charge is 0.506 e. The van der Waals surface area contributed by atoms with Gasteiger partial charge in [0, 0.05) is 17.8 Å². The van der Waals surface area contributed by atoms with Gasteiger partial charge in [-0.2, -0.15) is 0 Å². The summed E-state index contributed by atoms with van der Waals surface area (Å²) in [5.41, 5.74) is 1.08. The molecule has 8 heteroatoms. The Morgan fingerprint density at radius 2 is 2.00 bits per heavy atom. The molecule has 0 aliphatic rings. The van der Waals surface area contributed by atoms with Crippen LogP contribution in [0.15, 0.2) is 40.9 Å². The molecule has 0 atom stereocenters. The molecule has 2 aromatic carbocycles. The van der Waals surface area contributed by atoms with Crippen molar-refractivity contribution in [3.8, 4) is 11.5 Å². The van der Waals surface area contributed by atoms with Gasteiger partial charge in [-0.3, -0.25) is 14.9 Å². The molecule has 0 aliphatic heterocycles. The van der Waals surface area contributed by atoms with Crippen LogP contribution in [0, 0.1) is 17.0 Å². The second-order valence-electron chi connectivity index (χ2n) is 4.71. The number of phenols is 1.